The molecule has 26 heavy (non-hydrogen) atoms. The van der Waals surface area contributed by atoms with E-state index >= 15 is 0 Å². The van der Waals surface area contributed by atoms with Crippen LogP contribution in [-0.2, 0) is 9.59 Å². The Morgan fingerprint density at radius 3 is 2.46 bits per heavy atom. The summed E-state index contributed by atoms with van der Waals surface area (Å²) in [6.07, 6.45) is 1.55. The summed E-state index contributed by atoms with van der Waals surface area (Å²) in [5.41, 5.74) is 3.72. The Hall–Kier alpha value is -2.86. The number of carbonyl (C=O) groups is 2. The van der Waals surface area contributed by atoms with Crippen LogP contribution in [0.5, 0.6) is 5.75 Å². The van der Waals surface area contributed by atoms with Crippen molar-refractivity contribution in [2.75, 3.05) is 11.9 Å². The van der Waals surface area contributed by atoms with Crippen molar-refractivity contribution in [3.63, 3.8) is 0 Å². The summed E-state index contributed by atoms with van der Waals surface area (Å²) in [6, 6.07) is 14.2. The summed E-state index contributed by atoms with van der Waals surface area (Å²) in [5, 5.41) is 7.10. The van der Waals surface area contributed by atoms with Gasteiger partial charge in [-0.15, -0.1) is 0 Å². The van der Waals surface area contributed by atoms with Gasteiger partial charge in [-0.3, -0.25) is 9.59 Å². The molecule has 7 heteroatoms. The minimum atomic E-state index is -0.352. The van der Waals surface area contributed by atoms with Crippen LogP contribution in [-0.4, -0.2) is 24.6 Å². The Labute approximate surface area is 157 Å². The van der Waals surface area contributed by atoms with Crippen LogP contribution in [0.15, 0.2) is 53.6 Å². The minimum absolute atomic E-state index is 0.0305. The highest BCUT2D eigenvalue weighted by Gasteiger charge is 2.07. The lowest BCUT2D eigenvalue weighted by molar-refractivity contribution is -0.124. The van der Waals surface area contributed by atoms with Crippen LogP contribution in [0.1, 0.15) is 25.3 Å². The highest BCUT2D eigenvalue weighted by Crippen LogP contribution is 2.16. The highest BCUT2D eigenvalue weighted by atomic mass is 35.5. The smallest absolute Gasteiger partial charge is 0.240 e. The van der Waals surface area contributed by atoms with Crippen LogP contribution >= 0.6 is 11.6 Å². The van der Waals surface area contributed by atoms with Gasteiger partial charge in [-0.1, -0.05) is 29.8 Å². The first-order valence-electron chi connectivity index (χ1n) is 8.17. The molecule has 2 aromatic rings. The molecule has 0 aromatic heterocycles. The van der Waals surface area contributed by atoms with Crippen molar-refractivity contribution in [1.82, 2.24) is 5.43 Å². The molecule has 0 aliphatic heterocycles. The molecule has 0 aliphatic rings. The molecular formula is C19H20ClN3O3. The van der Waals surface area contributed by atoms with Gasteiger partial charge in [-0.2, -0.15) is 5.10 Å². The van der Waals surface area contributed by atoms with Crippen LogP contribution in [0.2, 0.25) is 5.02 Å². The Morgan fingerprint density at radius 1 is 1.08 bits per heavy atom. The molecule has 0 unspecified atom stereocenters. The average Bonchev–Trinajstić information content (AvgIpc) is 2.63. The van der Waals surface area contributed by atoms with E-state index in [0.29, 0.717) is 22.9 Å². The molecule has 0 fully saturated rings. The average molecular weight is 374 g/mol. The van der Waals surface area contributed by atoms with Gasteiger partial charge in [-0.05, 0) is 37.3 Å². The Balaban J connectivity index is 1.73. The molecule has 136 valence electrons. The fraction of sp³-hybridized carbons (Fsp3) is 0.211. The quantitative estimate of drug-likeness (QED) is 0.548. The molecule has 2 aromatic carbocycles. The lowest BCUT2D eigenvalue weighted by Gasteiger charge is -2.07. The maximum absolute atomic E-state index is 11.9. The Morgan fingerprint density at radius 2 is 1.77 bits per heavy atom. The zero-order valence-corrected chi connectivity index (χ0v) is 15.1. The monoisotopic (exact) mass is 373 g/mol. The molecule has 2 amide bonds. The number of anilines is 1. The van der Waals surface area contributed by atoms with E-state index in [1.165, 1.54) is 6.21 Å². The zero-order valence-electron chi connectivity index (χ0n) is 14.4. The van der Waals surface area contributed by atoms with Gasteiger partial charge >= 0.3 is 0 Å². The first-order valence-corrected chi connectivity index (χ1v) is 8.55. The van der Waals surface area contributed by atoms with Gasteiger partial charge in [0.25, 0.3) is 0 Å². The third kappa shape index (κ3) is 6.57. The van der Waals surface area contributed by atoms with Crippen LogP contribution in [0.3, 0.4) is 0 Å². The fourth-order valence-corrected chi connectivity index (χ4v) is 2.25. The number of hydrogen-bond acceptors (Lipinski definition) is 4. The van der Waals surface area contributed by atoms with Crippen LogP contribution in [0.25, 0.3) is 0 Å². The van der Waals surface area contributed by atoms with Crippen molar-refractivity contribution >= 4 is 35.3 Å². The summed E-state index contributed by atoms with van der Waals surface area (Å²) in [6.45, 7) is 2.49. The molecule has 2 N–H and O–H groups in total. The van der Waals surface area contributed by atoms with Crippen molar-refractivity contribution in [3.05, 3.63) is 59.1 Å². The number of hydrogen-bond donors (Lipinski definition) is 2. The van der Waals surface area contributed by atoms with Crippen LogP contribution < -0.4 is 15.5 Å². The van der Waals surface area contributed by atoms with Crippen LogP contribution in [0, 0.1) is 0 Å². The molecule has 0 saturated carbocycles. The van der Waals surface area contributed by atoms with E-state index in [-0.39, 0.29) is 24.7 Å². The van der Waals surface area contributed by atoms with Crippen molar-refractivity contribution in [1.29, 1.82) is 0 Å². The van der Waals surface area contributed by atoms with E-state index < -0.39 is 0 Å². The number of carbonyl (C=O) groups excluding carboxylic acids is 2. The second-order valence-electron chi connectivity index (χ2n) is 5.32. The van der Waals surface area contributed by atoms with Crippen molar-refractivity contribution in [2.45, 2.75) is 19.8 Å². The van der Waals surface area contributed by atoms with E-state index in [1.54, 1.807) is 42.5 Å². The molecule has 0 aliphatic carbocycles. The molecule has 0 saturated heterocycles. The van der Waals surface area contributed by atoms with Gasteiger partial charge in [0.1, 0.15) is 5.75 Å². The second-order valence-corrected chi connectivity index (χ2v) is 5.73. The summed E-state index contributed by atoms with van der Waals surface area (Å²) >= 11 is 5.98. The second kappa shape index (κ2) is 10.2. The van der Waals surface area contributed by atoms with E-state index in [1.807, 2.05) is 13.0 Å². The molecule has 6 nitrogen and oxygen atoms in total. The standard InChI is InChI=1S/C19H20ClN3O3/c1-2-26-16-9-7-15(8-10-16)22-18(24)11-12-19(25)23-21-13-14-5-3-4-6-17(14)20/h3-10,13H,2,11-12H2,1H3,(H,22,24)(H,23,25)/b21-13+. The molecular weight excluding hydrogens is 354 g/mol. The van der Waals surface area contributed by atoms with E-state index in [4.69, 9.17) is 16.3 Å². The number of benzene rings is 2. The van der Waals surface area contributed by atoms with Gasteiger partial charge in [0.2, 0.25) is 11.8 Å². The maximum atomic E-state index is 11.9. The number of ether oxygens (including phenoxy) is 1. The van der Waals surface area contributed by atoms with E-state index in [2.05, 4.69) is 15.8 Å². The predicted octanol–water partition coefficient (Wildman–Crippen LogP) is 3.61. The van der Waals surface area contributed by atoms with Gasteiger partial charge in [-0.25, -0.2) is 5.43 Å². The van der Waals surface area contributed by atoms with Crippen LogP contribution in [0.4, 0.5) is 5.69 Å². The summed E-state index contributed by atoms with van der Waals surface area (Å²) in [5.74, 6) is 0.135. The van der Waals surface area contributed by atoms with Gasteiger partial charge in [0.05, 0.1) is 12.8 Å². The van der Waals surface area contributed by atoms with Crippen molar-refractivity contribution in [3.8, 4) is 5.75 Å². The Bertz CT molecular complexity index is 776. The molecule has 0 bridgehead atoms. The van der Waals surface area contributed by atoms with Crippen molar-refractivity contribution < 1.29 is 14.3 Å². The summed E-state index contributed by atoms with van der Waals surface area (Å²) in [4.78, 5) is 23.6. The summed E-state index contributed by atoms with van der Waals surface area (Å²) in [7, 11) is 0. The predicted molar refractivity (Wildman–Crippen MR) is 103 cm³/mol. The SMILES string of the molecule is CCOc1ccc(NC(=O)CCC(=O)N/N=C/c2ccccc2Cl)cc1. The number of hydrazone groups is 1. The molecule has 0 radical (unpaired) electrons. The topological polar surface area (TPSA) is 79.8 Å². The number of nitrogens with one attached hydrogen (secondary N) is 2. The third-order valence-corrected chi connectivity index (χ3v) is 3.67. The normalized spacial score (nSPS) is 10.5. The van der Waals surface area contributed by atoms with Gasteiger partial charge in [0.15, 0.2) is 0 Å². The maximum Gasteiger partial charge on any atom is 0.240 e. The van der Waals surface area contributed by atoms with E-state index in [0.717, 1.165) is 5.75 Å². The Kier molecular flexibility index (Phi) is 7.64. The molecule has 0 atom stereocenters. The number of amides is 2. The summed E-state index contributed by atoms with van der Waals surface area (Å²) < 4.78 is 5.33. The minimum Gasteiger partial charge on any atom is -0.494 e. The molecule has 0 heterocycles. The van der Waals surface area contributed by atoms with Gasteiger partial charge < -0.3 is 10.1 Å². The number of nitrogens with zero attached hydrogens (tertiary/aromatic N) is 1. The molecule has 2 rings (SSSR count). The number of rotatable bonds is 8. The lowest BCUT2D eigenvalue weighted by Crippen LogP contribution is -2.20. The zero-order chi connectivity index (χ0) is 18.8. The van der Waals surface area contributed by atoms with Crippen molar-refractivity contribution in [2.24, 2.45) is 5.10 Å². The van der Waals surface area contributed by atoms with E-state index in [9.17, 15) is 9.59 Å². The first kappa shape index (κ1) is 19.5. The largest absolute Gasteiger partial charge is 0.494 e. The third-order valence-electron chi connectivity index (χ3n) is 3.33. The molecule has 0 spiro atoms. The first-order chi connectivity index (χ1) is 12.6. The highest BCUT2D eigenvalue weighted by molar-refractivity contribution is 6.33. The fourth-order valence-electron chi connectivity index (χ4n) is 2.06. The van der Waals surface area contributed by atoms with Gasteiger partial charge in [0, 0.05) is 29.1 Å². The lowest BCUT2D eigenvalue weighted by atomic mass is 10.2. The number of halogens is 1.